The Kier molecular flexibility index (Phi) is 2.44. The summed E-state index contributed by atoms with van der Waals surface area (Å²) in [6.07, 6.45) is -0.781. The molecule has 82 valence electrons. The maximum atomic E-state index is 12.6. The molecule has 0 spiro atoms. The van der Waals surface area contributed by atoms with Gasteiger partial charge in [0.05, 0.1) is 0 Å². The third-order valence-electron chi connectivity index (χ3n) is 2.76. The SMILES string of the molecule is Cc1cc2c(nc1C(F)(F)F)CCCC2. The number of alkyl halides is 3. The van der Waals surface area contributed by atoms with Crippen LogP contribution in [0.2, 0.25) is 0 Å². The first kappa shape index (κ1) is 10.5. The predicted octanol–water partition coefficient (Wildman–Crippen LogP) is 3.29. The number of nitrogens with zero attached hydrogens (tertiary/aromatic N) is 1. The average molecular weight is 215 g/mol. The molecule has 0 fully saturated rings. The van der Waals surface area contributed by atoms with E-state index in [0.717, 1.165) is 24.8 Å². The quantitative estimate of drug-likeness (QED) is 0.647. The summed E-state index contributed by atoms with van der Waals surface area (Å²) < 4.78 is 37.7. The molecule has 1 aromatic heterocycles. The molecule has 4 heteroatoms. The maximum Gasteiger partial charge on any atom is 0.433 e. The van der Waals surface area contributed by atoms with Crippen LogP contribution in [0.5, 0.6) is 0 Å². The molecule has 0 N–H and O–H groups in total. The number of fused-ring (bicyclic) bond motifs is 1. The van der Waals surface area contributed by atoms with Crippen LogP contribution < -0.4 is 0 Å². The van der Waals surface area contributed by atoms with Gasteiger partial charge in [-0.1, -0.05) is 6.07 Å². The molecule has 0 saturated carbocycles. The molecule has 0 amide bonds. The minimum Gasteiger partial charge on any atom is -0.248 e. The average Bonchev–Trinajstić information content (AvgIpc) is 2.15. The Morgan fingerprint density at radius 2 is 1.87 bits per heavy atom. The topological polar surface area (TPSA) is 12.9 Å². The van der Waals surface area contributed by atoms with Crippen molar-refractivity contribution in [2.24, 2.45) is 0 Å². The number of hydrogen-bond donors (Lipinski definition) is 0. The number of pyridine rings is 1. The van der Waals surface area contributed by atoms with Crippen LogP contribution in [0.1, 0.15) is 35.4 Å². The zero-order chi connectivity index (χ0) is 11.1. The van der Waals surface area contributed by atoms with E-state index < -0.39 is 11.9 Å². The van der Waals surface area contributed by atoms with Crippen LogP contribution in [0.3, 0.4) is 0 Å². The summed E-state index contributed by atoms with van der Waals surface area (Å²) in [5, 5.41) is 0. The molecule has 0 atom stereocenters. The first-order valence-electron chi connectivity index (χ1n) is 5.05. The molecular weight excluding hydrogens is 203 g/mol. The van der Waals surface area contributed by atoms with E-state index in [1.807, 2.05) is 0 Å². The standard InChI is InChI=1S/C11H12F3N/c1-7-6-8-4-2-3-5-9(8)15-10(7)11(12,13)14/h6H,2-5H2,1H3. The predicted molar refractivity (Wildman–Crippen MR) is 50.6 cm³/mol. The van der Waals surface area contributed by atoms with Gasteiger partial charge in [-0.15, -0.1) is 0 Å². The van der Waals surface area contributed by atoms with Gasteiger partial charge in [-0.3, -0.25) is 0 Å². The summed E-state index contributed by atoms with van der Waals surface area (Å²) in [5.41, 5.74) is 1.15. The molecule has 1 aliphatic rings. The molecule has 15 heavy (non-hydrogen) atoms. The minimum absolute atomic E-state index is 0.239. The van der Waals surface area contributed by atoms with Gasteiger partial charge in [-0.25, -0.2) is 4.98 Å². The van der Waals surface area contributed by atoms with Crippen molar-refractivity contribution in [1.29, 1.82) is 0 Å². The van der Waals surface area contributed by atoms with Gasteiger partial charge < -0.3 is 0 Å². The Balaban J connectivity index is 2.50. The molecule has 0 radical (unpaired) electrons. The minimum atomic E-state index is -4.32. The van der Waals surface area contributed by atoms with Gasteiger partial charge in [0, 0.05) is 5.69 Å². The Bertz CT molecular complexity index is 382. The number of halogens is 3. The molecule has 0 saturated heterocycles. The summed E-state index contributed by atoms with van der Waals surface area (Å²) in [5.74, 6) is 0. The summed E-state index contributed by atoms with van der Waals surface area (Å²) in [4.78, 5) is 3.76. The van der Waals surface area contributed by atoms with Gasteiger partial charge in [0.1, 0.15) is 5.69 Å². The third-order valence-corrected chi connectivity index (χ3v) is 2.76. The van der Waals surface area contributed by atoms with Crippen molar-refractivity contribution in [3.8, 4) is 0 Å². The van der Waals surface area contributed by atoms with Gasteiger partial charge in [0.15, 0.2) is 0 Å². The van der Waals surface area contributed by atoms with E-state index in [4.69, 9.17) is 0 Å². The molecule has 1 aliphatic carbocycles. The van der Waals surface area contributed by atoms with E-state index in [9.17, 15) is 13.2 Å². The summed E-state index contributed by atoms with van der Waals surface area (Å²) in [6.45, 7) is 1.48. The van der Waals surface area contributed by atoms with Gasteiger partial charge in [0.2, 0.25) is 0 Å². The Hall–Kier alpha value is -1.06. The Labute approximate surface area is 86.3 Å². The lowest BCUT2D eigenvalue weighted by molar-refractivity contribution is -0.141. The van der Waals surface area contributed by atoms with Crippen LogP contribution in [0, 0.1) is 6.92 Å². The highest BCUT2D eigenvalue weighted by molar-refractivity contribution is 5.32. The van der Waals surface area contributed by atoms with Crippen molar-refractivity contribution in [3.05, 3.63) is 28.6 Å². The number of hydrogen-bond acceptors (Lipinski definition) is 1. The van der Waals surface area contributed by atoms with E-state index in [2.05, 4.69) is 4.98 Å². The molecule has 2 rings (SSSR count). The normalized spacial score (nSPS) is 16.3. The summed E-state index contributed by atoms with van der Waals surface area (Å²) in [7, 11) is 0. The van der Waals surface area contributed by atoms with E-state index >= 15 is 0 Å². The van der Waals surface area contributed by atoms with Crippen molar-refractivity contribution in [2.45, 2.75) is 38.8 Å². The fourth-order valence-electron chi connectivity index (χ4n) is 2.04. The molecule has 1 heterocycles. The van der Waals surface area contributed by atoms with Crippen LogP contribution >= 0.6 is 0 Å². The van der Waals surface area contributed by atoms with Crippen molar-refractivity contribution in [3.63, 3.8) is 0 Å². The van der Waals surface area contributed by atoms with Gasteiger partial charge in [-0.05, 0) is 43.7 Å². The Morgan fingerprint density at radius 3 is 2.53 bits per heavy atom. The van der Waals surface area contributed by atoms with Crippen LogP contribution in [0.15, 0.2) is 6.07 Å². The van der Waals surface area contributed by atoms with Gasteiger partial charge in [-0.2, -0.15) is 13.2 Å². The molecule has 0 aliphatic heterocycles. The van der Waals surface area contributed by atoms with E-state index in [1.54, 1.807) is 6.07 Å². The lowest BCUT2D eigenvalue weighted by Gasteiger charge is -2.18. The highest BCUT2D eigenvalue weighted by atomic mass is 19.4. The lowest BCUT2D eigenvalue weighted by atomic mass is 9.94. The van der Waals surface area contributed by atoms with Crippen molar-refractivity contribution < 1.29 is 13.2 Å². The van der Waals surface area contributed by atoms with Crippen LogP contribution in [0.4, 0.5) is 13.2 Å². The first-order chi connectivity index (χ1) is 6.98. The second-order valence-electron chi connectivity index (χ2n) is 3.96. The maximum absolute atomic E-state index is 12.6. The summed E-state index contributed by atoms with van der Waals surface area (Å²) in [6, 6.07) is 1.64. The largest absolute Gasteiger partial charge is 0.433 e. The molecule has 0 unspecified atom stereocenters. The monoisotopic (exact) mass is 215 g/mol. The van der Waals surface area contributed by atoms with E-state index in [-0.39, 0.29) is 5.56 Å². The van der Waals surface area contributed by atoms with Crippen molar-refractivity contribution in [1.82, 2.24) is 4.98 Å². The number of aryl methyl sites for hydroxylation is 3. The highest BCUT2D eigenvalue weighted by Gasteiger charge is 2.35. The zero-order valence-electron chi connectivity index (χ0n) is 8.49. The zero-order valence-corrected chi connectivity index (χ0v) is 8.49. The molecule has 1 aromatic rings. The van der Waals surface area contributed by atoms with Gasteiger partial charge in [0.25, 0.3) is 0 Å². The second kappa shape index (κ2) is 3.51. The van der Waals surface area contributed by atoms with Crippen LogP contribution in [-0.4, -0.2) is 4.98 Å². The number of aromatic nitrogens is 1. The molecule has 1 nitrogen and oxygen atoms in total. The fraction of sp³-hybridized carbons (Fsp3) is 0.545. The smallest absolute Gasteiger partial charge is 0.248 e. The van der Waals surface area contributed by atoms with Crippen molar-refractivity contribution >= 4 is 0 Å². The fourth-order valence-corrected chi connectivity index (χ4v) is 2.04. The highest BCUT2D eigenvalue weighted by Crippen LogP contribution is 2.32. The first-order valence-corrected chi connectivity index (χ1v) is 5.05. The van der Waals surface area contributed by atoms with Crippen LogP contribution in [0.25, 0.3) is 0 Å². The Morgan fingerprint density at radius 1 is 1.20 bits per heavy atom. The summed E-state index contributed by atoms with van der Waals surface area (Å²) >= 11 is 0. The van der Waals surface area contributed by atoms with Gasteiger partial charge >= 0.3 is 6.18 Å². The van der Waals surface area contributed by atoms with E-state index in [1.165, 1.54) is 6.92 Å². The second-order valence-corrected chi connectivity index (χ2v) is 3.96. The van der Waals surface area contributed by atoms with Crippen LogP contribution in [-0.2, 0) is 19.0 Å². The molecule has 0 bridgehead atoms. The molecular formula is C11H12F3N. The number of rotatable bonds is 0. The van der Waals surface area contributed by atoms with Crippen molar-refractivity contribution in [2.75, 3.05) is 0 Å². The molecule has 0 aromatic carbocycles. The van der Waals surface area contributed by atoms with E-state index in [0.29, 0.717) is 12.1 Å². The lowest BCUT2D eigenvalue weighted by Crippen LogP contribution is -2.15. The third kappa shape index (κ3) is 1.98.